The van der Waals surface area contributed by atoms with E-state index in [9.17, 15) is 4.79 Å². The van der Waals surface area contributed by atoms with Crippen molar-refractivity contribution in [2.75, 3.05) is 18.2 Å². The molecule has 3 N–H and O–H groups in total. The van der Waals surface area contributed by atoms with Crippen molar-refractivity contribution in [1.82, 2.24) is 4.98 Å². The van der Waals surface area contributed by atoms with E-state index in [1.54, 1.807) is 42.6 Å². The predicted octanol–water partition coefficient (Wildman–Crippen LogP) is 1.92. The van der Waals surface area contributed by atoms with Crippen LogP contribution in [0, 0.1) is 0 Å². The molecule has 0 aliphatic rings. The number of nitrogens with one attached hydrogen (secondary N) is 1. The van der Waals surface area contributed by atoms with E-state index in [0.717, 1.165) is 0 Å². The summed E-state index contributed by atoms with van der Waals surface area (Å²) in [7, 11) is 1.52. The minimum Gasteiger partial charge on any atom is -0.481 e. The number of benzene rings is 1. The molecule has 0 aliphatic carbocycles. The number of nitrogens with two attached hydrogens (primary N) is 1. The molecule has 0 spiro atoms. The number of rotatable bonds is 3. The van der Waals surface area contributed by atoms with Crippen LogP contribution >= 0.6 is 0 Å². The predicted molar refractivity (Wildman–Crippen MR) is 69.6 cm³/mol. The van der Waals surface area contributed by atoms with Crippen LogP contribution in [0.15, 0.2) is 42.6 Å². The summed E-state index contributed by atoms with van der Waals surface area (Å²) < 4.78 is 4.98. The van der Waals surface area contributed by atoms with E-state index in [1.165, 1.54) is 7.11 Å². The average Bonchev–Trinajstić information content (AvgIpc) is 2.39. The number of aromatic nitrogens is 1. The third-order valence-electron chi connectivity index (χ3n) is 2.41. The number of hydrogen-bond donors (Lipinski definition) is 2. The van der Waals surface area contributed by atoms with Gasteiger partial charge >= 0.3 is 0 Å². The van der Waals surface area contributed by atoms with Crippen LogP contribution < -0.4 is 15.8 Å². The van der Waals surface area contributed by atoms with Crippen LogP contribution in [0.25, 0.3) is 0 Å². The Balaban J connectivity index is 2.19. The van der Waals surface area contributed by atoms with E-state index >= 15 is 0 Å². The van der Waals surface area contributed by atoms with E-state index in [1.807, 2.05) is 0 Å². The summed E-state index contributed by atoms with van der Waals surface area (Å²) in [6.07, 6.45) is 1.56. The summed E-state index contributed by atoms with van der Waals surface area (Å²) in [5.41, 5.74) is 7.22. The van der Waals surface area contributed by atoms with E-state index in [2.05, 4.69) is 10.3 Å². The fourth-order valence-corrected chi connectivity index (χ4v) is 1.50. The second-order valence-electron chi connectivity index (χ2n) is 3.63. The smallest absolute Gasteiger partial charge is 0.257 e. The van der Waals surface area contributed by atoms with Gasteiger partial charge in [0.1, 0.15) is 0 Å². The highest BCUT2D eigenvalue weighted by Gasteiger charge is 2.09. The lowest BCUT2D eigenvalue weighted by Crippen LogP contribution is -2.13. The maximum Gasteiger partial charge on any atom is 0.257 e. The first-order valence-electron chi connectivity index (χ1n) is 5.36. The van der Waals surface area contributed by atoms with Gasteiger partial charge in [-0.1, -0.05) is 12.1 Å². The van der Waals surface area contributed by atoms with Crippen molar-refractivity contribution < 1.29 is 9.53 Å². The summed E-state index contributed by atoms with van der Waals surface area (Å²) >= 11 is 0. The van der Waals surface area contributed by atoms with Crippen LogP contribution in [-0.2, 0) is 0 Å². The van der Waals surface area contributed by atoms with Gasteiger partial charge in [-0.2, -0.15) is 0 Å². The van der Waals surface area contributed by atoms with Crippen molar-refractivity contribution in [1.29, 1.82) is 0 Å². The van der Waals surface area contributed by atoms with Gasteiger partial charge in [0, 0.05) is 23.6 Å². The molecular formula is C13H13N3O2. The Hall–Kier alpha value is -2.56. The molecule has 1 heterocycles. The van der Waals surface area contributed by atoms with E-state index in [0.29, 0.717) is 22.8 Å². The van der Waals surface area contributed by atoms with Crippen LogP contribution in [0.4, 0.5) is 11.4 Å². The third kappa shape index (κ3) is 2.57. The molecule has 0 unspecified atom stereocenters. The highest BCUT2D eigenvalue weighted by molar-refractivity contribution is 6.07. The lowest BCUT2D eigenvalue weighted by Gasteiger charge is -2.07. The summed E-state index contributed by atoms with van der Waals surface area (Å²) in [6, 6.07) is 10.2. The highest BCUT2D eigenvalue weighted by atomic mass is 16.5. The van der Waals surface area contributed by atoms with E-state index < -0.39 is 0 Å². The number of hydrogen-bond acceptors (Lipinski definition) is 4. The number of carbonyl (C=O) groups excluding carboxylic acids is 1. The zero-order chi connectivity index (χ0) is 13.0. The lowest BCUT2D eigenvalue weighted by atomic mass is 10.1. The number of ether oxygens (including phenoxy) is 1. The second kappa shape index (κ2) is 5.18. The minimum atomic E-state index is -0.263. The summed E-state index contributed by atoms with van der Waals surface area (Å²) in [5.74, 6) is 0.176. The molecule has 0 radical (unpaired) electrons. The van der Waals surface area contributed by atoms with Gasteiger partial charge in [-0.05, 0) is 18.2 Å². The quantitative estimate of drug-likeness (QED) is 0.807. The molecule has 0 fully saturated rings. The highest BCUT2D eigenvalue weighted by Crippen LogP contribution is 2.16. The standard InChI is InChI=1S/C13H13N3O2/c1-18-12-8-9(6-7-15-12)16-13(17)10-4-2-3-5-11(10)14/h2-8H,14H2,1H3,(H,15,16,17). The van der Waals surface area contributed by atoms with Crippen molar-refractivity contribution in [2.24, 2.45) is 0 Å². The normalized spacial score (nSPS) is 9.83. The van der Waals surface area contributed by atoms with Gasteiger partial charge in [-0.15, -0.1) is 0 Å². The molecule has 2 rings (SSSR count). The van der Waals surface area contributed by atoms with E-state index in [4.69, 9.17) is 10.5 Å². The maximum absolute atomic E-state index is 12.0. The van der Waals surface area contributed by atoms with Gasteiger partial charge in [-0.3, -0.25) is 4.79 Å². The summed E-state index contributed by atoms with van der Waals surface area (Å²) in [6.45, 7) is 0. The average molecular weight is 243 g/mol. The molecule has 0 aliphatic heterocycles. The summed E-state index contributed by atoms with van der Waals surface area (Å²) in [5, 5.41) is 2.73. The van der Waals surface area contributed by atoms with Crippen molar-refractivity contribution in [2.45, 2.75) is 0 Å². The van der Waals surface area contributed by atoms with Gasteiger partial charge in [0.25, 0.3) is 5.91 Å². The van der Waals surface area contributed by atoms with Gasteiger partial charge in [-0.25, -0.2) is 4.98 Å². The zero-order valence-corrected chi connectivity index (χ0v) is 9.88. The first-order valence-corrected chi connectivity index (χ1v) is 5.36. The number of anilines is 2. The topological polar surface area (TPSA) is 77.2 Å². The summed E-state index contributed by atoms with van der Waals surface area (Å²) in [4.78, 5) is 15.9. The Kier molecular flexibility index (Phi) is 3.43. The number of nitrogens with zero attached hydrogens (tertiary/aromatic N) is 1. The van der Waals surface area contributed by atoms with Crippen LogP contribution in [0.1, 0.15) is 10.4 Å². The molecule has 18 heavy (non-hydrogen) atoms. The monoisotopic (exact) mass is 243 g/mol. The molecule has 1 aromatic heterocycles. The van der Waals surface area contributed by atoms with Gasteiger partial charge in [0.05, 0.1) is 12.7 Å². The van der Waals surface area contributed by atoms with Gasteiger partial charge < -0.3 is 15.8 Å². The largest absolute Gasteiger partial charge is 0.481 e. The van der Waals surface area contributed by atoms with Crippen LogP contribution in [-0.4, -0.2) is 18.0 Å². The van der Waals surface area contributed by atoms with E-state index in [-0.39, 0.29) is 5.91 Å². The van der Waals surface area contributed by atoms with Crippen LogP contribution in [0.3, 0.4) is 0 Å². The molecular weight excluding hydrogens is 230 g/mol. The molecule has 5 heteroatoms. The molecule has 1 aromatic carbocycles. The maximum atomic E-state index is 12.0. The van der Waals surface area contributed by atoms with Crippen LogP contribution in [0.2, 0.25) is 0 Å². The molecule has 0 atom stereocenters. The van der Waals surface area contributed by atoms with Crippen molar-refractivity contribution >= 4 is 17.3 Å². The lowest BCUT2D eigenvalue weighted by molar-refractivity contribution is 0.102. The molecule has 1 amide bonds. The number of para-hydroxylation sites is 1. The van der Waals surface area contributed by atoms with Crippen LogP contribution in [0.5, 0.6) is 5.88 Å². The first-order chi connectivity index (χ1) is 8.70. The van der Waals surface area contributed by atoms with Crippen molar-refractivity contribution in [3.8, 4) is 5.88 Å². The van der Waals surface area contributed by atoms with Gasteiger partial charge in [0.15, 0.2) is 0 Å². The number of carbonyl (C=O) groups is 1. The Morgan fingerprint density at radius 2 is 2.11 bits per heavy atom. The number of methoxy groups -OCH3 is 1. The Labute approximate surface area is 105 Å². The molecule has 5 nitrogen and oxygen atoms in total. The Bertz CT molecular complexity index is 570. The number of pyridine rings is 1. The molecule has 0 bridgehead atoms. The third-order valence-corrected chi connectivity index (χ3v) is 2.41. The fourth-order valence-electron chi connectivity index (χ4n) is 1.50. The van der Waals surface area contributed by atoms with Crippen molar-refractivity contribution in [3.63, 3.8) is 0 Å². The molecule has 92 valence electrons. The SMILES string of the molecule is COc1cc(NC(=O)c2ccccc2N)ccn1. The Morgan fingerprint density at radius 1 is 1.33 bits per heavy atom. The van der Waals surface area contributed by atoms with Gasteiger partial charge in [0.2, 0.25) is 5.88 Å². The van der Waals surface area contributed by atoms with Crippen molar-refractivity contribution in [3.05, 3.63) is 48.2 Å². The number of amides is 1. The first kappa shape index (κ1) is 11.9. The molecule has 2 aromatic rings. The molecule has 0 saturated heterocycles. The zero-order valence-electron chi connectivity index (χ0n) is 9.88. The minimum absolute atomic E-state index is 0.263. The fraction of sp³-hybridized carbons (Fsp3) is 0.0769. The Morgan fingerprint density at radius 3 is 2.83 bits per heavy atom. The second-order valence-corrected chi connectivity index (χ2v) is 3.63. The molecule has 0 saturated carbocycles. The number of nitrogen functional groups attached to an aromatic ring is 1.